The molecule has 2 atom stereocenters. The van der Waals surface area contributed by atoms with E-state index in [1.807, 2.05) is 47.9 Å². The molecule has 0 bridgehead atoms. The van der Waals surface area contributed by atoms with Crippen LogP contribution in [0, 0.1) is 5.82 Å². The smallest absolute Gasteiger partial charge is 0.224 e. The largest absolute Gasteiger partial charge is 0.371 e. The van der Waals surface area contributed by atoms with Crippen LogP contribution >= 0.6 is 0 Å². The van der Waals surface area contributed by atoms with Gasteiger partial charge in [0.25, 0.3) is 0 Å². The number of hydrogen-bond donors (Lipinski definition) is 0. The fraction of sp³-hybridized carbons (Fsp3) is 0.462. The van der Waals surface area contributed by atoms with Gasteiger partial charge >= 0.3 is 0 Å². The number of halogens is 1. The van der Waals surface area contributed by atoms with Crippen LogP contribution in [0.4, 0.5) is 10.1 Å². The maximum absolute atomic E-state index is 15.3. The molecular weight excluding hydrogens is 465 g/mol. The molecule has 186 valence electrons. The Balaban J connectivity index is 1.33. The Hall–Kier alpha value is -2.78. The molecule has 2 aromatic carbocycles. The molecule has 2 fully saturated rings. The Kier molecular flexibility index (Phi) is 6.40. The number of nitrogens with zero attached hydrogens (tertiary/aromatic N) is 5. The molecule has 7 nitrogen and oxygen atoms in total. The van der Waals surface area contributed by atoms with Crippen LogP contribution in [0.1, 0.15) is 56.7 Å². The number of rotatable bonds is 5. The van der Waals surface area contributed by atoms with Gasteiger partial charge in [0, 0.05) is 43.0 Å². The summed E-state index contributed by atoms with van der Waals surface area (Å²) < 4.78 is 45.4. The first-order valence-corrected chi connectivity index (χ1v) is 13.7. The van der Waals surface area contributed by atoms with Gasteiger partial charge in [0.1, 0.15) is 23.2 Å². The second-order valence-corrected chi connectivity index (χ2v) is 12.3. The summed E-state index contributed by atoms with van der Waals surface area (Å²) in [7, 11) is -3.70. The second kappa shape index (κ2) is 9.35. The first kappa shape index (κ1) is 23.9. The van der Waals surface area contributed by atoms with Gasteiger partial charge in [-0.15, -0.1) is 10.2 Å². The van der Waals surface area contributed by atoms with Crippen LogP contribution in [0.15, 0.2) is 61.2 Å². The van der Waals surface area contributed by atoms with Gasteiger partial charge in [0.2, 0.25) is 10.0 Å². The fourth-order valence-corrected chi connectivity index (χ4v) is 7.64. The lowest BCUT2D eigenvalue weighted by Crippen LogP contribution is -2.52. The van der Waals surface area contributed by atoms with E-state index in [0.29, 0.717) is 18.0 Å². The number of benzene rings is 2. The number of hydrogen-bond acceptors (Lipinski definition) is 5. The van der Waals surface area contributed by atoms with Gasteiger partial charge in [0.15, 0.2) is 0 Å². The van der Waals surface area contributed by atoms with Gasteiger partial charge in [-0.05, 0) is 57.2 Å². The summed E-state index contributed by atoms with van der Waals surface area (Å²) in [6.07, 6.45) is 6.63. The lowest BCUT2D eigenvalue weighted by atomic mass is 9.93. The van der Waals surface area contributed by atoms with Crippen molar-refractivity contribution in [1.82, 2.24) is 19.1 Å². The third-order valence-electron chi connectivity index (χ3n) is 7.84. The Bertz CT molecular complexity index is 1260. The molecule has 0 radical (unpaired) electrons. The zero-order valence-corrected chi connectivity index (χ0v) is 21.0. The lowest BCUT2D eigenvalue weighted by Gasteiger charge is -2.43. The predicted octanol–water partition coefficient (Wildman–Crippen LogP) is 4.49. The Morgan fingerprint density at radius 3 is 2.37 bits per heavy atom. The highest BCUT2D eigenvalue weighted by molar-refractivity contribution is 7.90. The number of sulfonamides is 1. The third kappa shape index (κ3) is 4.36. The highest BCUT2D eigenvalue weighted by Crippen LogP contribution is 2.43. The van der Waals surface area contributed by atoms with Crippen molar-refractivity contribution in [1.29, 1.82) is 0 Å². The van der Waals surface area contributed by atoms with Crippen molar-refractivity contribution >= 4 is 15.7 Å². The van der Waals surface area contributed by atoms with E-state index in [2.05, 4.69) is 15.1 Å². The van der Waals surface area contributed by atoms with Crippen LogP contribution in [-0.4, -0.2) is 46.6 Å². The van der Waals surface area contributed by atoms with Gasteiger partial charge < -0.3 is 9.47 Å². The summed E-state index contributed by atoms with van der Waals surface area (Å²) in [6, 6.07) is 14.7. The minimum absolute atomic E-state index is 0.0355. The first-order chi connectivity index (χ1) is 16.8. The molecule has 5 rings (SSSR count). The first-order valence-electron chi connectivity index (χ1n) is 12.2. The maximum Gasteiger partial charge on any atom is 0.224 e. The van der Waals surface area contributed by atoms with Crippen LogP contribution in [-0.2, 0) is 21.3 Å². The van der Waals surface area contributed by atoms with E-state index in [1.54, 1.807) is 31.7 Å². The maximum atomic E-state index is 15.3. The molecule has 2 saturated heterocycles. The van der Waals surface area contributed by atoms with Crippen molar-refractivity contribution in [3.05, 3.63) is 78.1 Å². The summed E-state index contributed by atoms with van der Waals surface area (Å²) in [5, 5.41) is 7.78. The molecule has 0 amide bonds. The zero-order valence-electron chi connectivity index (χ0n) is 20.2. The van der Waals surface area contributed by atoms with E-state index in [4.69, 9.17) is 0 Å². The Morgan fingerprint density at radius 1 is 1.03 bits per heavy atom. The minimum Gasteiger partial charge on any atom is -0.371 e. The fourth-order valence-electron chi connectivity index (χ4n) is 5.43. The SMILES string of the molecule is CC1CCC(C)(c2ccccc2)S(=O)(=O)N1Cc1ccc(N2CCC(n3cnnc3)CC2)cc1F. The zero-order chi connectivity index (χ0) is 24.6. The Morgan fingerprint density at radius 2 is 1.71 bits per heavy atom. The van der Waals surface area contributed by atoms with E-state index < -0.39 is 14.8 Å². The molecule has 2 aliphatic rings. The molecule has 0 aliphatic carbocycles. The molecule has 0 saturated carbocycles. The molecule has 3 heterocycles. The van der Waals surface area contributed by atoms with Gasteiger partial charge in [-0.3, -0.25) is 0 Å². The van der Waals surface area contributed by atoms with Gasteiger partial charge in [-0.2, -0.15) is 4.31 Å². The number of piperidine rings is 1. The minimum atomic E-state index is -3.70. The molecule has 1 aromatic heterocycles. The van der Waals surface area contributed by atoms with Gasteiger partial charge in [0.05, 0.1) is 0 Å². The van der Waals surface area contributed by atoms with E-state index >= 15 is 4.39 Å². The van der Waals surface area contributed by atoms with Crippen molar-refractivity contribution in [2.45, 2.75) is 62.9 Å². The Labute approximate surface area is 206 Å². The van der Waals surface area contributed by atoms with Crippen molar-refractivity contribution in [3.63, 3.8) is 0 Å². The molecule has 35 heavy (non-hydrogen) atoms. The number of aromatic nitrogens is 3. The monoisotopic (exact) mass is 497 g/mol. The van der Waals surface area contributed by atoms with E-state index in [-0.39, 0.29) is 18.4 Å². The summed E-state index contributed by atoms with van der Waals surface area (Å²) >= 11 is 0. The van der Waals surface area contributed by atoms with Crippen molar-refractivity contribution in [2.24, 2.45) is 0 Å². The molecule has 9 heteroatoms. The molecule has 0 N–H and O–H groups in total. The van der Waals surface area contributed by atoms with Gasteiger partial charge in [-0.1, -0.05) is 36.4 Å². The standard InChI is InChI=1S/C26H32FN5O2S/c1-20-10-13-26(2,22-6-4-3-5-7-22)35(33,34)32(20)17-21-8-9-24(16-25(21)27)30-14-11-23(12-15-30)31-18-28-29-19-31/h3-9,16,18-20,23H,10-15,17H2,1-2H3. The topological polar surface area (TPSA) is 71.3 Å². The number of anilines is 1. The summed E-state index contributed by atoms with van der Waals surface area (Å²) in [4.78, 5) is 2.18. The quantitative estimate of drug-likeness (QED) is 0.520. The predicted molar refractivity (Wildman–Crippen MR) is 134 cm³/mol. The second-order valence-electron chi connectivity index (χ2n) is 9.94. The molecule has 0 spiro atoms. The van der Waals surface area contributed by atoms with Crippen LogP contribution in [0.5, 0.6) is 0 Å². The summed E-state index contributed by atoms with van der Waals surface area (Å²) in [5.41, 5.74) is 2.01. The van der Waals surface area contributed by atoms with Crippen molar-refractivity contribution < 1.29 is 12.8 Å². The van der Waals surface area contributed by atoms with Crippen molar-refractivity contribution in [2.75, 3.05) is 18.0 Å². The highest BCUT2D eigenvalue weighted by atomic mass is 32.2. The van der Waals surface area contributed by atoms with Crippen LogP contribution in [0.3, 0.4) is 0 Å². The lowest BCUT2D eigenvalue weighted by molar-refractivity contribution is 0.255. The molecular formula is C26H32FN5O2S. The molecule has 2 aliphatic heterocycles. The molecule has 2 unspecified atom stereocenters. The van der Waals surface area contributed by atoms with Crippen molar-refractivity contribution in [3.8, 4) is 0 Å². The average molecular weight is 498 g/mol. The van der Waals surface area contributed by atoms with E-state index in [9.17, 15) is 8.42 Å². The average Bonchev–Trinajstić information content (AvgIpc) is 3.41. The van der Waals surface area contributed by atoms with Crippen LogP contribution in [0.2, 0.25) is 0 Å². The van der Waals surface area contributed by atoms with Crippen LogP contribution in [0.25, 0.3) is 0 Å². The normalized spacial score (nSPS) is 25.6. The highest BCUT2D eigenvalue weighted by Gasteiger charge is 2.49. The van der Waals surface area contributed by atoms with E-state index in [0.717, 1.165) is 43.6 Å². The third-order valence-corrected chi connectivity index (χ3v) is 10.5. The summed E-state index contributed by atoms with van der Waals surface area (Å²) in [6.45, 7) is 5.37. The van der Waals surface area contributed by atoms with Gasteiger partial charge in [-0.25, -0.2) is 12.8 Å². The van der Waals surface area contributed by atoms with Crippen LogP contribution < -0.4 is 4.90 Å². The molecule has 3 aromatic rings. The summed E-state index contributed by atoms with van der Waals surface area (Å²) in [5.74, 6) is -0.363. The van der Waals surface area contributed by atoms with E-state index in [1.165, 1.54) is 4.31 Å².